The Balaban J connectivity index is 1.48. The second-order valence-corrected chi connectivity index (χ2v) is 6.56. The first-order valence-corrected chi connectivity index (χ1v) is 8.24. The molecule has 1 saturated heterocycles. The average molecular weight is 273 g/mol. The molecule has 0 aromatic heterocycles. The van der Waals surface area contributed by atoms with E-state index in [4.69, 9.17) is 4.74 Å². The quantitative estimate of drug-likeness (QED) is 0.887. The van der Waals surface area contributed by atoms with Crippen LogP contribution in [0.3, 0.4) is 0 Å². The van der Waals surface area contributed by atoms with Gasteiger partial charge in [-0.15, -0.1) is 0 Å². The fourth-order valence-electron chi connectivity index (χ4n) is 3.77. The number of hydrogen-bond acceptors (Lipinski definition) is 2. The summed E-state index contributed by atoms with van der Waals surface area (Å²) in [6, 6.07) is 11.1. The van der Waals surface area contributed by atoms with Crippen molar-refractivity contribution in [3.8, 4) is 0 Å². The fraction of sp³-hybridized carbons (Fsp3) is 0.667. The molecule has 1 aliphatic heterocycles. The van der Waals surface area contributed by atoms with Gasteiger partial charge in [0, 0.05) is 12.6 Å². The first-order valence-electron chi connectivity index (χ1n) is 8.24. The second-order valence-electron chi connectivity index (χ2n) is 6.56. The van der Waals surface area contributed by atoms with Crippen LogP contribution in [0, 0.1) is 0 Å². The van der Waals surface area contributed by atoms with Crippen LogP contribution in [0.1, 0.15) is 63.5 Å². The summed E-state index contributed by atoms with van der Waals surface area (Å²) in [5, 5.41) is 3.64. The van der Waals surface area contributed by atoms with Crippen LogP contribution in [0.2, 0.25) is 0 Å². The lowest BCUT2D eigenvalue weighted by Gasteiger charge is -2.33. The lowest BCUT2D eigenvalue weighted by atomic mass is 9.83. The first-order chi connectivity index (χ1) is 9.77. The Morgan fingerprint density at radius 1 is 1.15 bits per heavy atom. The summed E-state index contributed by atoms with van der Waals surface area (Å²) in [5.74, 6) is 0. The van der Waals surface area contributed by atoms with Crippen LogP contribution in [0.25, 0.3) is 0 Å². The van der Waals surface area contributed by atoms with E-state index < -0.39 is 0 Å². The Morgan fingerprint density at radius 2 is 1.90 bits per heavy atom. The molecule has 2 atom stereocenters. The Labute approximate surface area is 122 Å². The van der Waals surface area contributed by atoms with E-state index in [0.29, 0.717) is 12.1 Å². The van der Waals surface area contributed by atoms with Gasteiger partial charge in [-0.25, -0.2) is 0 Å². The minimum atomic E-state index is 0.251. The number of nitrogens with one attached hydrogen (secondary N) is 1. The SMILES string of the molecule is C[C@@H](NCC1CCC2(CCCCC2)O1)c1ccccc1. The van der Waals surface area contributed by atoms with Gasteiger partial charge in [-0.05, 0) is 38.2 Å². The largest absolute Gasteiger partial charge is 0.370 e. The molecule has 1 spiro atoms. The van der Waals surface area contributed by atoms with E-state index in [1.54, 1.807) is 0 Å². The van der Waals surface area contributed by atoms with Crippen molar-refractivity contribution in [2.24, 2.45) is 0 Å². The van der Waals surface area contributed by atoms with Gasteiger partial charge in [0.25, 0.3) is 0 Å². The van der Waals surface area contributed by atoms with Gasteiger partial charge in [0.05, 0.1) is 11.7 Å². The summed E-state index contributed by atoms with van der Waals surface area (Å²) in [6.07, 6.45) is 9.63. The third-order valence-electron chi connectivity index (χ3n) is 5.05. The molecule has 20 heavy (non-hydrogen) atoms. The van der Waals surface area contributed by atoms with E-state index in [1.165, 1.54) is 50.5 Å². The smallest absolute Gasteiger partial charge is 0.0708 e. The Morgan fingerprint density at radius 3 is 2.65 bits per heavy atom. The van der Waals surface area contributed by atoms with Crippen molar-refractivity contribution < 1.29 is 4.74 Å². The molecule has 3 rings (SSSR count). The van der Waals surface area contributed by atoms with Gasteiger partial charge >= 0.3 is 0 Å². The molecule has 0 bridgehead atoms. The molecular weight excluding hydrogens is 246 g/mol. The molecule has 1 aromatic rings. The summed E-state index contributed by atoms with van der Waals surface area (Å²) < 4.78 is 6.41. The summed E-state index contributed by atoms with van der Waals surface area (Å²) in [6.45, 7) is 3.22. The van der Waals surface area contributed by atoms with Crippen molar-refractivity contribution in [3.05, 3.63) is 35.9 Å². The highest BCUT2D eigenvalue weighted by molar-refractivity contribution is 5.18. The van der Waals surface area contributed by atoms with Crippen LogP contribution in [0.5, 0.6) is 0 Å². The predicted molar refractivity (Wildman–Crippen MR) is 82.8 cm³/mol. The molecular formula is C18H27NO. The van der Waals surface area contributed by atoms with Crippen molar-refractivity contribution in [2.45, 2.75) is 69.6 Å². The molecule has 0 radical (unpaired) electrons. The van der Waals surface area contributed by atoms with Gasteiger partial charge < -0.3 is 10.1 Å². The van der Waals surface area contributed by atoms with Crippen LogP contribution in [0.4, 0.5) is 0 Å². The highest BCUT2D eigenvalue weighted by Crippen LogP contribution is 2.41. The molecule has 2 aliphatic rings. The van der Waals surface area contributed by atoms with Gasteiger partial charge in [-0.3, -0.25) is 0 Å². The second kappa shape index (κ2) is 6.28. The van der Waals surface area contributed by atoms with E-state index in [0.717, 1.165) is 6.54 Å². The van der Waals surface area contributed by atoms with Crippen LogP contribution >= 0.6 is 0 Å². The number of benzene rings is 1. The van der Waals surface area contributed by atoms with Crippen molar-refractivity contribution in [1.29, 1.82) is 0 Å². The van der Waals surface area contributed by atoms with E-state index in [2.05, 4.69) is 42.6 Å². The molecule has 1 saturated carbocycles. The number of rotatable bonds is 4. The zero-order valence-corrected chi connectivity index (χ0v) is 12.6. The highest BCUT2D eigenvalue weighted by Gasteiger charge is 2.40. The third-order valence-corrected chi connectivity index (χ3v) is 5.05. The van der Waals surface area contributed by atoms with E-state index in [1.807, 2.05) is 0 Å². The van der Waals surface area contributed by atoms with Crippen molar-refractivity contribution in [2.75, 3.05) is 6.54 Å². The van der Waals surface area contributed by atoms with Gasteiger partial charge in [0.1, 0.15) is 0 Å². The minimum absolute atomic E-state index is 0.251. The summed E-state index contributed by atoms with van der Waals surface area (Å²) in [5.41, 5.74) is 1.61. The highest BCUT2D eigenvalue weighted by atomic mass is 16.5. The lowest BCUT2D eigenvalue weighted by Crippen LogP contribution is -2.35. The Kier molecular flexibility index (Phi) is 4.42. The molecule has 0 amide bonds. The summed E-state index contributed by atoms with van der Waals surface area (Å²) in [7, 11) is 0. The molecule has 1 aliphatic carbocycles. The summed E-state index contributed by atoms with van der Waals surface area (Å²) >= 11 is 0. The van der Waals surface area contributed by atoms with E-state index >= 15 is 0 Å². The molecule has 1 heterocycles. The molecule has 2 fully saturated rings. The first kappa shape index (κ1) is 14.1. The van der Waals surface area contributed by atoms with Crippen LogP contribution in [-0.2, 0) is 4.74 Å². The Bertz CT molecular complexity index is 411. The van der Waals surface area contributed by atoms with E-state index in [-0.39, 0.29) is 5.60 Å². The maximum absolute atomic E-state index is 6.41. The molecule has 110 valence electrons. The molecule has 1 N–H and O–H groups in total. The maximum atomic E-state index is 6.41. The van der Waals surface area contributed by atoms with Crippen LogP contribution in [0.15, 0.2) is 30.3 Å². The standard InChI is InChI=1S/C18H27NO/c1-15(16-8-4-2-5-9-16)19-14-17-10-13-18(20-17)11-6-3-7-12-18/h2,4-5,8-9,15,17,19H,3,6-7,10-14H2,1H3/t15-,17?/m1/s1. The normalized spacial score (nSPS) is 26.8. The van der Waals surface area contributed by atoms with Gasteiger partial charge in [0.2, 0.25) is 0 Å². The topological polar surface area (TPSA) is 21.3 Å². The van der Waals surface area contributed by atoms with Crippen LogP contribution < -0.4 is 5.32 Å². The monoisotopic (exact) mass is 273 g/mol. The summed E-state index contributed by atoms with van der Waals surface area (Å²) in [4.78, 5) is 0. The maximum Gasteiger partial charge on any atom is 0.0708 e. The van der Waals surface area contributed by atoms with Gasteiger partial charge in [0.15, 0.2) is 0 Å². The fourth-order valence-corrected chi connectivity index (χ4v) is 3.77. The predicted octanol–water partition coefficient (Wildman–Crippen LogP) is 4.22. The van der Waals surface area contributed by atoms with Gasteiger partial charge in [-0.2, -0.15) is 0 Å². The molecule has 1 aromatic carbocycles. The van der Waals surface area contributed by atoms with Crippen molar-refractivity contribution in [1.82, 2.24) is 5.32 Å². The van der Waals surface area contributed by atoms with Crippen molar-refractivity contribution in [3.63, 3.8) is 0 Å². The van der Waals surface area contributed by atoms with E-state index in [9.17, 15) is 0 Å². The third kappa shape index (κ3) is 3.24. The Hall–Kier alpha value is -0.860. The van der Waals surface area contributed by atoms with Crippen molar-refractivity contribution >= 4 is 0 Å². The van der Waals surface area contributed by atoms with Gasteiger partial charge in [-0.1, -0.05) is 49.6 Å². The molecule has 1 unspecified atom stereocenters. The average Bonchev–Trinajstić information content (AvgIpc) is 2.89. The lowest BCUT2D eigenvalue weighted by molar-refractivity contribution is -0.0628. The molecule has 2 heteroatoms. The minimum Gasteiger partial charge on any atom is -0.370 e. The van der Waals surface area contributed by atoms with Crippen LogP contribution in [-0.4, -0.2) is 18.2 Å². The number of ether oxygens (including phenoxy) is 1. The zero-order valence-electron chi connectivity index (χ0n) is 12.6. The number of hydrogen-bond donors (Lipinski definition) is 1. The molecule has 2 nitrogen and oxygen atoms in total. The zero-order chi connectivity index (χ0) is 13.8.